The van der Waals surface area contributed by atoms with Crippen LogP contribution in [0.1, 0.15) is 0 Å². The van der Waals surface area contributed by atoms with Gasteiger partial charge in [0.25, 0.3) is 0 Å². The zero-order valence-corrected chi connectivity index (χ0v) is 15.9. The normalized spacial score (nSPS) is 17.6. The summed E-state index contributed by atoms with van der Waals surface area (Å²) in [6, 6.07) is 6.93. The lowest BCUT2D eigenvalue weighted by Gasteiger charge is -2.35. The van der Waals surface area contributed by atoms with Gasteiger partial charge in [0.15, 0.2) is 5.58 Å². The molecule has 2 aromatic rings. The first-order chi connectivity index (χ1) is 14.0. The van der Waals surface area contributed by atoms with Gasteiger partial charge in [0.2, 0.25) is 5.91 Å². The molecule has 0 spiro atoms. The van der Waals surface area contributed by atoms with Crippen molar-refractivity contribution in [2.75, 3.05) is 52.5 Å². The molecule has 1 aromatic heterocycles. The lowest BCUT2D eigenvalue weighted by Crippen LogP contribution is -2.56. The van der Waals surface area contributed by atoms with E-state index in [0.717, 1.165) is 0 Å². The molecule has 1 aromatic carbocycles. The zero-order valence-electron chi connectivity index (χ0n) is 15.9. The van der Waals surface area contributed by atoms with Crippen molar-refractivity contribution >= 4 is 28.8 Å². The number of benzene rings is 1. The maximum absolute atomic E-state index is 12.7. The molecule has 0 radical (unpaired) electrons. The highest BCUT2D eigenvalue weighted by Gasteiger charge is 2.31. The van der Waals surface area contributed by atoms with Gasteiger partial charge >= 0.3 is 17.6 Å². The summed E-state index contributed by atoms with van der Waals surface area (Å²) in [4.78, 5) is 54.1. The average Bonchev–Trinajstić information content (AvgIpc) is 3.08. The van der Waals surface area contributed by atoms with Crippen molar-refractivity contribution in [3.05, 3.63) is 34.8 Å². The quantitative estimate of drug-likeness (QED) is 0.605. The molecule has 29 heavy (non-hydrogen) atoms. The first-order valence-electron chi connectivity index (χ1n) is 9.56. The molecule has 10 nitrogen and oxygen atoms in total. The Morgan fingerprint density at radius 3 is 2.10 bits per heavy atom. The number of oxazole rings is 1. The molecular formula is C19H22N4O6. The minimum absolute atomic E-state index is 0.128. The van der Waals surface area contributed by atoms with Crippen LogP contribution in [0.5, 0.6) is 0 Å². The molecule has 10 heteroatoms. The highest BCUT2D eigenvalue weighted by atomic mass is 16.5. The smallest absolute Gasteiger partial charge is 0.408 e. The van der Waals surface area contributed by atoms with Crippen LogP contribution in [-0.4, -0.2) is 89.5 Å². The third-order valence-corrected chi connectivity index (χ3v) is 5.27. The summed E-state index contributed by atoms with van der Waals surface area (Å²) in [5.41, 5.74) is 0.998. The van der Waals surface area contributed by atoms with Gasteiger partial charge in [-0.1, -0.05) is 12.1 Å². The summed E-state index contributed by atoms with van der Waals surface area (Å²) in [6.45, 7) is 2.75. The second kappa shape index (κ2) is 8.08. The van der Waals surface area contributed by atoms with Crippen molar-refractivity contribution in [1.29, 1.82) is 0 Å². The van der Waals surface area contributed by atoms with Gasteiger partial charge in [0.05, 0.1) is 18.7 Å². The van der Waals surface area contributed by atoms with Gasteiger partial charge in [-0.15, -0.1) is 0 Å². The number of hydrogen-bond acceptors (Lipinski definition) is 6. The van der Waals surface area contributed by atoms with Crippen molar-refractivity contribution in [2.45, 2.75) is 6.54 Å². The van der Waals surface area contributed by atoms with Gasteiger partial charge in [-0.05, 0) is 12.1 Å². The third kappa shape index (κ3) is 3.88. The molecular weight excluding hydrogens is 380 g/mol. The fourth-order valence-corrected chi connectivity index (χ4v) is 3.59. The number of amides is 3. The van der Waals surface area contributed by atoms with E-state index in [0.29, 0.717) is 50.5 Å². The average molecular weight is 402 g/mol. The fourth-order valence-electron chi connectivity index (χ4n) is 3.59. The van der Waals surface area contributed by atoms with Crippen molar-refractivity contribution in [3.8, 4) is 0 Å². The summed E-state index contributed by atoms with van der Waals surface area (Å²) in [6.07, 6.45) is 0. The van der Waals surface area contributed by atoms with E-state index < -0.39 is 17.6 Å². The molecule has 2 fully saturated rings. The number of hydrogen-bond donors (Lipinski definition) is 0. The van der Waals surface area contributed by atoms with Crippen molar-refractivity contribution < 1.29 is 23.5 Å². The van der Waals surface area contributed by atoms with Gasteiger partial charge in [-0.3, -0.25) is 19.0 Å². The molecule has 3 heterocycles. The molecule has 154 valence electrons. The second-order valence-corrected chi connectivity index (χ2v) is 7.00. The van der Waals surface area contributed by atoms with Crippen LogP contribution in [0, 0.1) is 0 Å². The van der Waals surface area contributed by atoms with E-state index in [9.17, 15) is 19.2 Å². The molecule has 0 aliphatic carbocycles. The molecule has 0 N–H and O–H groups in total. The minimum Gasteiger partial charge on any atom is -0.408 e. The number of piperazine rings is 1. The van der Waals surface area contributed by atoms with Gasteiger partial charge in [-0.25, -0.2) is 4.79 Å². The number of rotatable bonds is 2. The van der Waals surface area contributed by atoms with Gasteiger partial charge < -0.3 is 23.9 Å². The van der Waals surface area contributed by atoms with Crippen molar-refractivity contribution in [1.82, 2.24) is 19.3 Å². The minimum atomic E-state index is -0.579. The van der Waals surface area contributed by atoms with Crippen molar-refractivity contribution in [2.24, 2.45) is 0 Å². The van der Waals surface area contributed by atoms with E-state index in [1.807, 2.05) is 0 Å². The topological polar surface area (TPSA) is 105 Å². The number of ether oxygens (including phenoxy) is 1. The number of carbonyl (C=O) groups excluding carboxylic acids is 3. The Balaban J connectivity index is 1.35. The zero-order chi connectivity index (χ0) is 20.4. The van der Waals surface area contributed by atoms with Crippen LogP contribution < -0.4 is 5.76 Å². The molecule has 0 bridgehead atoms. The van der Waals surface area contributed by atoms with E-state index in [1.165, 1.54) is 14.4 Å². The van der Waals surface area contributed by atoms with Crippen LogP contribution in [0.3, 0.4) is 0 Å². The number of fused-ring (bicyclic) bond motifs is 1. The second-order valence-electron chi connectivity index (χ2n) is 7.00. The Bertz CT molecular complexity index is 982. The number of carbonyl (C=O) groups is 3. The Kier molecular flexibility index (Phi) is 5.34. The molecule has 0 saturated carbocycles. The van der Waals surface area contributed by atoms with Crippen LogP contribution >= 0.6 is 0 Å². The highest BCUT2D eigenvalue weighted by molar-refractivity contribution is 6.34. The Hall–Kier alpha value is -3.14. The summed E-state index contributed by atoms with van der Waals surface area (Å²) in [7, 11) is 0. The maximum atomic E-state index is 12.7. The first kappa shape index (κ1) is 19.2. The monoisotopic (exact) mass is 402 g/mol. The summed E-state index contributed by atoms with van der Waals surface area (Å²) in [5.74, 6) is -1.88. The molecule has 4 rings (SSSR count). The Labute approximate surface area is 166 Å². The molecule has 2 aliphatic heterocycles. The largest absolute Gasteiger partial charge is 0.420 e. The van der Waals surface area contributed by atoms with E-state index in [2.05, 4.69) is 0 Å². The van der Waals surface area contributed by atoms with Crippen LogP contribution in [0.4, 0.5) is 0 Å². The third-order valence-electron chi connectivity index (χ3n) is 5.27. The molecule has 2 saturated heterocycles. The Morgan fingerprint density at radius 2 is 1.41 bits per heavy atom. The summed E-state index contributed by atoms with van der Waals surface area (Å²) >= 11 is 0. The van der Waals surface area contributed by atoms with E-state index in [-0.39, 0.29) is 25.5 Å². The first-order valence-corrected chi connectivity index (χ1v) is 9.56. The standard InChI is InChI=1S/C19H22N4O6/c24-16(13-23-14-3-1-2-4-15(14)29-19(23)27)20-5-7-21(8-6-20)17(25)18(26)22-9-11-28-12-10-22/h1-4H,5-13H2. The SMILES string of the molecule is O=C(Cn1c(=O)oc2ccccc21)N1CCN(C(=O)C(=O)N2CCOCC2)CC1. The molecule has 2 aliphatic rings. The predicted octanol–water partition coefficient (Wildman–Crippen LogP) is -0.876. The van der Waals surface area contributed by atoms with Crippen LogP contribution in [0.2, 0.25) is 0 Å². The lowest BCUT2D eigenvalue weighted by molar-refractivity contribution is -0.155. The van der Waals surface area contributed by atoms with Gasteiger partial charge in [0.1, 0.15) is 6.54 Å². The predicted molar refractivity (Wildman–Crippen MR) is 101 cm³/mol. The highest BCUT2D eigenvalue weighted by Crippen LogP contribution is 2.13. The summed E-state index contributed by atoms with van der Waals surface area (Å²) < 4.78 is 11.7. The molecule has 3 amide bonds. The van der Waals surface area contributed by atoms with E-state index in [4.69, 9.17) is 9.15 Å². The van der Waals surface area contributed by atoms with Crippen LogP contribution in [0.25, 0.3) is 11.1 Å². The molecule has 0 unspecified atom stereocenters. The molecule has 0 atom stereocenters. The number of morpholine rings is 1. The Morgan fingerprint density at radius 1 is 0.828 bits per heavy atom. The fraction of sp³-hybridized carbons (Fsp3) is 0.474. The van der Waals surface area contributed by atoms with Crippen molar-refractivity contribution in [3.63, 3.8) is 0 Å². The lowest BCUT2D eigenvalue weighted by atomic mass is 10.2. The van der Waals surface area contributed by atoms with Crippen LogP contribution in [0.15, 0.2) is 33.5 Å². The van der Waals surface area contributed by atoms with E-state index >= 15 is 0 Å². The number of para-hydroxylation sites is 2. The van der Waals surface area contributed by atoms with Gasteiger partial charge in [0, 0.05) is 39.3 Å². The van der Waals surface area contributed by atoms with Crippen LogP contribution in [-0.2, 0) is 25.7 Å². The van der Waals surface area contributed by atoms with E-state index in [1.54, 1.807) is 29.2 Å². The number of aromatic nitrogens is 1. The number of nitrogens with zero attached hydrogens (tertiary/aromatic N) is 4. The van der Waals surface area contributed by atoms with Gasteiger partial charge in [-0.2, -0.15) is 0 Å². The summed E-state index contributed by atoms with van der Waals surface area (Å²) in [5, 5.41) is 0. The maximum Gasteiger partial charge on any atom is 0.420 e.